The van der Waals surface area contributed by atoms with E-state index in [-0.39, 0.29) is 11.8 Å². The minimum atomic E-state index is 0.0191. The van der Waals surface area contributed by atoms with E-state index in [0.717, 1.165) is 31.5 Å². The SMILES string of the molecule is CCC1CCCCN1C(=O)c1cc(C)nc(N2CCN(C(C)=O)CC2)n1. The smallest absolute Gasteiger partial charge is 0.272 e. The van der Waals surface area contributed by atoms with Gasteiger partial charge in [-0.15, -0.1) is 0 Å². The fraction of sp³-hybridized carbons (Fsp3) is 0.684. The number of piperidine rings is 1. The molecule has 7 nitrogen and oxygen atoms in total. The third kappa shape index (κ3) is 3.97. The van der Waals surface area contributed by atoms with Crippen LogP contribution in [0.15, 0.2) is 6.07 Å². The van der Waals surface area contributed by atoms with Gasteiger partial charge in [-0.05, 0) is 38.7 Å². The number of anilines is 1. The van der Waals surface area contributed by atoms with Crippen LogP contribution < -0.4 is 4.90 Å². The van der Waals surface area contributed by atoms with Crippen LogP contribution in [-0.4, -0.2) is 70.3 Å². The van der Waals surface area contributed by atoms with E-state index in [4.69, 9.17) is 0 Å². The number of likely N-dealkylation sites (tertiary alicyclic amines) is 1. The fourth-order valence-corrected chi connectivity index (χ4v) is 3.86. The number of piperazine rings is 1. The van der Waals surface area contributed by atoms with Crippen LogP contribution >= 0.6 is 0 Å². The van der Waals surface area contributed by atoms with E-state index in [1.807, 2.05) is 16.7 Å². The number of aromatic nitrogens is 2. The van der Waals surface area contributed by atoms with E-state index < -0.39 is 0 Å². The Morgan fingerprint density at radius 2 is 1.85 bits per heavy atom. The minimum absolute atomic E-state index is 0.0191. The van der Waals surface area contributed by atoms with Crippen LogP contribution in [0.25, 0.3) is 0 Å². The molecule has 3 heterocycles. The topological polar surface area (TPSA) is 69.6 Å². The van der Waals surface area contributed by atoms with Crippen molar-refractivity contribution in [2.75, 3.05) is 37.6 Å². The zero-order valence-corrected chi connectivity index (χ0v) is 16.1. The van der Waals surface area contributed by atoms with E-state index >= 15 is 0 Å². The van der Waals surface area contributed by atoms with Crippen molar-refractivity contribution in [1.29, 1.82) is 0 Å². The summed E-state index contributed by atoms with van der Waals surface area (Å²) in [5, 5.41) is 0. The predicted molar refractivity (Wildman–Crippen MR) is 100 cm³/mol. The van der Waals surface area contributed by atoms with Gasteiger partial charge in [0.25, 0.3) is 5.91 Å². The van der Waals surface area contributed by atoms with Crippen molar-refractivity contribution in [3.8, 4) is 0 Å². The Morgan fingerprint density at radius 3 is 2.50 bits per heavy atom. The summed E-state index contributed by atoms with van der Waals surface area (Å²) in [6.45, 7) is 9.17. The second-order valence-electron chi connectivity index (χ2n) is 7.24. The zero-order valence-electron chi connectivity index (χ0n) is 16.1. The molecule has 3 rings (SSSR count). The van der Waals surface area contributed by atoms with E-state index in [1.165, 1.54) is 6.42 Å². The van der Waals surface area contributed by atoms with Crippen molar-refractivity contribution in [1.82, 2.24) is 19.8 Å². The monoisotopic (exact) mass is 359 g/mol. The lowest BCUT2D eigenvalue weighted by Crippen LogP contribution is -2.49. The molecule has 2 saturated heterocycles. The molecule has 0 N–H and O–H groups in total. The third-order valence-corrected chi connectivity index (χ3v) is 5.43. The molecule has 1 atom stereocenters. The molecule has 2 fully saturated rings. The summed E-state index contributed by atoms with van der Waals surface area (Å²) in [7, 11) is 0. The normalized spacial score (nSPS) is 21.0. The summed E-state index contributed by atoms with van der Waals surface area (Å²) >= 11 is 0. The summed E-state index contributed by atoms with van der Waals surface area (Å²) < 4.78 is 0. The van der Waals surface area contributed by atoms with Crippen LogP contribution in [0.5, 0.6) is 0 Å². The van der Waals surface area contributed by atoms with Crippen LogP contribution in [0.3, 0.4) is 0 Å². The molecule has 0 saturated carbocycles. The number of hydrogen-bond donors (Lipinski definition) is 0. The second-order valence-corrected chi connectivity index (χ2v) is 7.24. The van der Waals surface area contributed by atoms with Gasteiger partial charge in [-0.2, -0.15) is 0 Å². The number of hydrogen-bond acceptors (Lipinski definition) is 5. The van der Waals surface area contributed by atoms with Crippen LogP contribution in [-0.2, 0) is 4.79 Å². The van der Waals surface area contributed by atoms with Gasteiger partial charge in [0.2, 0.25) is 11.9 Å². The molecule has 0 bridgehead atoms. The van der Waals surface area contributed by atoms with Gasteiger partial charge >= 0.3 is 0 Å². The van der Waals surface area contributed by atoms with Gasteiger partial charge in [-0.25, -0.2) is 9.97 Å². The molecule has 0 aromatic carbocycles. The maximum Gasteiger partial charge on any atom is 0.272 e. The first-order valence-electron chi connectivity index (χ1n) is 9.66. The highest BCUT2D eigenvalue weighted by molar-refractivity contribution is 5.93. The molecule has 7 heteroatoms. The highest BCUT2D eigenvalue weighted by Crippen LogP contribution is 2.22. The van der Waals surface area contributed by atoms with E-state index in [9.17, 15) is 9.59 Å². The molecule has 26 heavy (non-hydrogen) atoms. The molecule has 2 aliphatic rings. The molecule has 2 amide bonds. The molecule has 1 aromatic heterocycles. The number of nitrogens with zero attached hydrogens (tertiary/aromatic N) is 5. The predicted octanol–water partition coefficient (Wildman–Crippen LogP) is 1.86. The van der Waals surface area contributed by atoms with E-state index in [0.29, 0.717) is 43.9 Å². The van der Waals surface area contributed by atoms with E-state index in [1.54, 1.807) is 13.0 Å². The number of carbonyl (C=O) groups is 2. The second kappa shape index (κ2) is 8.01. The molecule has 0 aliphatic carbocycles. The lowest BCUT2D eigenvalue weighted by atomic mass is 9.99. The van der Waals surface area contributed by atoms with Crippen molar-refractivity contribution < 1.29 is 9.59 Å². The summed E-state index contributed by atoms with van der Waals surface area (Å²) in [6, 6.07) is 2.10. The maximum absolute atomic E-state index is 13.1. The average molecular weight is 359 g/mol. The van der Waals surface area contributed by atoms with Gasteiger partial charge in [0, 0.05) is 51.4 Å². The van der Waals surface area contributed by atoms with Crippen molar-refractivity contribution in [2.24, 2.45) is 0 Å². The van der Waals surface area contributed by atoms with Gasteiger partial charge in [0.15, 0.2) is 0 Å². The largest absolute Gasteiger partial charge is 0.339 e. The molecular formula is C19H29N5O2. The van der Waals surface area contributed by atoms with Crippen LogP contribution in [0, 0.1) is 6.92 Å². The molecule has 0 spiro atoms. The van der Waals surface area contributed by atoms with Gasteiger partial charge < -0.3 is 14.7 Å². The van der Waals surface area contributed by atoms with E-state index in [2.05, 4.69) is 21.8 Å². The summed E-state index contributed by atoms with van der Waals surface area (Å²) in [5.41, 5.74) is 1.29. The quantitative estimate of drug-likeness (QED) is 0.824. The first-order chi connectivity index (χ1) is 12.5. The van der Waals surface area contributed by atoms with Crippen molar-refractivity contribution in [3.05, 3.63) is 17.5 Å². The summed E-state index contributed by atoms with van der Waals surface area (Å²) in [4.78, 5) is 39.6. The Labute approximate surface area is 155 Å². The Balaban J connectivity index is 1.77. The average Bonchev–Trinajstić information content (AvgIpc) is 2.67. The van der Waals surface area contributed by atoms with Gasteiger partial charge in [-0.3, -0.25) is 9.59 Å². The molecule has 2 aliphatic heterocycles. The van der Waals surface area contributed by atoms with Crippen LogP contribution in [0.1, 0.15) is 55.7 Å². The van der Waals surface area contributed by atoms with Gasteiger partial charge in [-0.1, -0.05) is 6.92 Å². The van der Waals surface area contributed by atoms with Crippen LogP contribution in [0.2, 0.25) is 0 Å². The first kappa shape index (κ1) is 18.6. The summed E-state index contributed by atoms with van der Waals surface area (Å²) in [6.07, 6.45) is 4.31. The fourth-order valence-electron chi connectivity index (χ4n) is 3.86. The summed E-state index contributed by atoms with van der Waals surface area (Å²) in [5.74, 6) is 0.716. The zero-order chi connectivity index (χ0) is 18.7. The van der Waals surface area contributed by atoms with Crippen molar-refractivity contribution >= 4 is 17.8 Å². The standard InChI is InChI=1S/C19H29N5O2/c1-4-16-7-5-6-8-24(16)18(26)17-13-14(2)20-19(21-17)23-11-9-22(10-12-23)15(3)25/h13,16H,4-12H2,1-3H3. The Morgan fingerprint density at radius 1 is 1.12 bits per heavy atom. The van der Waals surface area contributed by atoms with Crippen molar-refractivity contribution in [2.45, 2.75) is 52.5 Å². The highest BCUT2D eigenvalue weighted by Gasteiger charge is 2.28. The molecule has 1 unspecified atom stereocenters. The molecule has 142 valence electrons. The van der Waals surface area contributed by atoms with Crippen molar-refractivity contribution in [3.63, 3.8) is 0 Å². The maximum atomic E-state index is 13.1. The number of amides is 2. The van der Waals surface area contributed by atoms with Crippen LogP contribution in [0.4, 0.5) is 5.95 Å². The number of aryl methyl sites for hydroxylation is 1. The highest BCUT2D eigenvalue weighted by atomic mass is 16.2. The lowest BCUT2D eigenvalue weighted by molar-refractivity contribution is -0.129. The number of carbonyl (C=O) groups excluding carboxylic acids is 2. The Kier molecular flexibility index (Phi) is 5.74. The molecule has 0 radical (unpaired) electrons. The number of rotatable bonds is 3. The lowest BCUT2D eigenvalue weighted by Gasteiger charge is -2.36. The van der Waals surface area contributed by atoms with Gasteiger partial charge in [0.1, 0.15) is 5.69 Å². The third-order valence-electron chi connectivity index (χ3n) is 5.43. The minimum Gasteiger partial charge on any atom is -0.339 e. The molecular weight excluding hydrogens is 330 g/mol. The Bertz CT molecular complexity index is 670. The first-order valence-corrected chi connectivity index (χ1v) is 9.66. The van der Waals surface area contributed by atoms with Gasteiger partial charge in [0.05, 0.1) is 0 Å². The Hall–Kier alpha value is -2.18. The molecule has 1 aromatic rings.